The Bertz CT molecular complexity index is 490. The molecule has 0 aliphatic rings. The largest absolute Gasteiger partial charge is 0.480 e. The summed E-state index contributed by atoms with van der Waals surface area (Å²) in [6.07, 6.45) is 4.85. The monoisotopic (exact) mass is 262 g/mol. The first-order valence-corrected chi connectivity index (χ1v) is 6.28. The molecule has 0 aliphatic heterocycles. The maximum Gasteiger partial charge on any atom is 0.235 e. The lowest BCUT2D eigenvalue weighted by Crippen LogP contribution is -2.00. The first kappa shape index (κ1) is 12.8. The van der Waals surface area contributed by atoms with Crippen LogP contribution in [0.15, 0.2) is 42.7 Å². The Balaban J connectivity index is 1.99. The van der Waals surface area contributed by atoms with Gasteiger partial charge in [-0.1, -0.05) is 30.3 Å². The van der Waals surface area contributed by atoms with E-state index in [1.165, 1.54) is 0 Å². The van der Waals surface area contributed by atoms with Crippen molar-refractivity contribution in [2.24, 2.45) is 0 Å². The maximum atomic E-state index is 6.36. The topological polar surface area (TPSA) is 35.0 Å². The Kier molecular flexibility index (Phi) is 4.53. The number of hydrogen-bond acceptors (Lipinski definition) is 3. The molecule has 1 unspecified atom stereocenters. The molecule has 94 valence electrons. The Labute approximate surface area is 112 Å². The molecule has 0 saturated carbocycles. The summed E-state index contributed by atoms with van der Waals surface area (Å²) in [7, 11) is 1.60. The fourth-order valence-electron chi connectivity index (χ4n) is 1.79. The summed E-state index contributed by atoms with van der Waals surface area (Å²) in [6, 6.07) is 10.0. The molecule has 0 saturated heterocycles. The average molecular weight is 263 g/mol. The van der Waals surface area contributed by atoms with E-state index in [0.29, 0.717) is 5.88 Å². The zero-order chi connectivity index (χ0) is 12.8. The number of aromatic nitrogens is 2. The number of alkyl halides is 1. The van der Waals surface area contributed by atoms with Crippen LogP contribution >= 0.6 is 11.6 Å². The summed E-state index contributed by atoms with van der Waals surface area (Å²) in [6.45, 7) is 0. The second kappa shape index (κ2) is 6.36. The van der Waals surface area contributed by atoms with E-state index < -0.39 is 0 Å². The van der Waals surface area contributed by atoms with Crippen LogP contribution in [0.4, 0.5) is 0 Å². The number of rotatable bonds is 5. The predicted octanol–water partition coefficient (Wildman–Crippen LogP) is 3.40. The maximum absolute atomic E-state index is 6.36. The molecular formula is C14H15ClN2O. The summed E-state index contributed by atoms with van der Waals surface area (Å²) in [5, 5.41) is -0.0158. The van der Waals surface area contributed by atoms with Gasteiger partial charge in [-0.2, -0.15) is 0 Å². The van der Waals surface area contributed by atoms with Gasteiger partial charge < -0.3 is 4.74 Å². The number of ether oxygens (including phenoxy) is 1. The number of benzene rings is 1. The van der Waals surface area contributed by atoms with E-state index in [1.54, 1.807) is 19.5 Å². The first-order chi connectivity index (χ1) is 8.81. The van der Waals surface area contributed by atoms with Crippen LogP contribution in [0.2, 0.25) is 0 Å². The standard InChI is InChI=1S/C14H15ClN2O/c1-18-14-13(16-9-10-17-14)8-7-12(15)11-5-3-2-4-6-11/h2-6,9-10,12H,7-8H2,1H3. The third-order valence-corrected chi connectivity index (χ3v) is 3.20. The molecule has 0 fully saturated rings. The van der Waals surface area contributed by atoms with Crippen LogP contribution in [-0.4, -0.2) is 17.1 Å². The normalized spacial score (nSPS) is 12.1. The van der Waals surface area contributed by atoms with Crippen LogP contribution in [0.5, 0.6) is 5.88 Å². The Morgan fingerprint density at radius 1 is 1.17 bits per heavy atom. The van der Waals surface area contributed by atoms with Crippen molar-refractivity contribution < 1.29 is 4.74 Å². The molecule has 2 rings (SSSR count). The minimum absolute atomic E-state index is 0.0158. The van der Waals surface area contributed by atoms with Crippen molar-refractivity contribution in [3.05, 3.63) is 54.0 Å². The third-order valence-electron chi connectivity index (χ3n) is 2.72. The average Bonchev–Trinajstić information content (AvgIpc) is 2.46. The van der Waals surface area contributed by atoms with Gasteiger partial charge in [-0.3, -0.25) is 4.98 Å². The van der Waals surface area contributed by atoms with Gasteiger partial charge in [-0.05, 0) is 18.4 Å². The minimum Gasteiger partial charge on any atom is -0.480 e. The molecule has 1 atom stereocenters. The Morgan fingerprint density at radius 2 is 1.89 bits per heavy atom. The van der Waals surface area contributed by atoms with Gasteiger partial charge in [0.25, 0.3) is 0 Å². The summed E-state index contributed by atoms with van der Waals surface area (Å²) >= 11 is 6.36. The van der Waals surface area contributed by atoms with E-state index in [9.17, 15) is 0 Å². The number of nitrogens with zero attached hydrogens (tertiary/aromatic N) is 2. The highest BCUT2D eigenvalue weighted by Crippen LogP contribution is 2.26. The fourth-order valence-corrected chi connectivity index (χ4v) is 2.04. The highest BCUT2D eigenvalue weighted by molar-refractivity contribution is 6.20. The molecule has 0 aliphatic carbocycles. The third kappa shape index (κ3) is 3.20. The van der Waals surface area contributed by atoms with Gasteiger partial charge >= 0.3 is 0 Å². The Hall–Kier alpha value is -1.61. The van der Waals surface area contributed by atoms with Crippen LogP contribution in [0.1, 0.15) is 23.1 Å². The van der Waals surface area contributed by atoms with Gasteiger partial charge in [0.05, 0.1) is 12.5 Å². The van der Waals surface area contributed by atoms with Crippen LogP contribution in [0.25, 0.3) is 0 Å². The molecule has 1 aromatic heterocycles. The second-order valence-corrected chi connectivity index (χ2v) is 4.46. The van der Waals surface area contributed by atoms with Crippen molar-refractivity contribution in [2.75, 3.05) is 7.11 Å². The van der Waals surface area contributed by atoms with Crippen molar-refractivity contribution in [3.8, 4) is 5.88 Å². The van der Waals surface area contributed by atoms with Gasteiger partial charge in [0.2, 0.25) is 5.88 Å². The van der Waals surface area contributed by atoms with Crippen LogP contribution in [-0.2, 0) is 6.42 Å². The lowest BCUT2D eigenvalue weighted by Gasteiger charge is -2.10. The van der Waals surface area contributed by atoms with Gasteiger partial charge in [-0.15, -0.1) is 11.6 Å². The molecule has 1 heterocycles. The van der Waals surface area contributed by atoms with E-state index in [-0.39, 0.29) is 5.38 Å². The lowest BCUT2D eigenvalue weighted by atomic mass is 10.1. The van der Waals surface area contributed by atoms with Gasteiger partial charge in [-0.25, -0.2) is 4.98 Å². The molecule has 1 aromatic carbocycles. The van der Waals surface area contributed by atoms with Gasteiger partial charge in [0.15, 0.2) is 0 Å². The van der Waals surface area contributed by atoms with E-state index in [4.69, 9.17) is 16.3 Å². The smallest absolute Gasteiger partial charge is 0.235 e. The highest BCUT2D eigenvalue weighted by Gasteiger charge is 2.11. The quantitative estimate of drug-likeness (QED) is 0.775. The zero-order valence-corrected chi connectivity index (χ0v) is 11.0. The molecule has 0 N–H and O–H groups in total. The molecule has 0 spiro atoms. The molecule has 18 heavy (non-hydrogen) atoms. The summed E-state index contributed by atoms with van der Waals surface area (Å²) in [5.41, 5.74) is 1.98. The SMILES string of the molecule is COc1nccnc1CCC(Cl)c1ccccc1. The minimum atomic E-state index is -0.0158. The van der Waals surface area contributed by atoms with E-state index in [1.807, 2.05) is 30.3 Å². The van der Waals surface area contributed by atoms with Crippen molar-refractivity contribution >= 4 is 11.6 Å². The summed E-state index contributed by atoms with van der Waals surface area (Å²) < 4.78 is 5.17. The van der Waals surface area contributed by atoms with Gasteiger partial charge in [0.1, 0.15) is 5.69 Å². The lowest BCUT2D eigenvalue weighted by molar-refractivity contribution is 0.388. The van der Waals surface area contributed by atoms with Crippen molar-refractivity contribution in [1.82, 2.24) is 9.97 Å². The number of hydrogen-bond donors (Lipinski definition) is 0. The van der Waals surface area contributed by atoms with Gasteiger partial charge in [0, 0.05) is 12.4 Å². The molecule has 0 amide bonds. The Morgan fingerprint density at radius 3 is 2.61 bits per heavy atom. The van der Waals surface area contributed by atoms with Crippen LogP contribution < -0.4 is 4.74 Å². The fraction of sp³-hybridized carbons (Fsp3) is 0.286. The summed E-state index contributed by atoms with van der Waals surface area (Å²) in [5.74, 6) is 0.578. The van der Waals surface area contributed by atoms with Crippen molar-refractivity contribution in [1.29, 1.82) is 0 Å². The highest BCUT2D eigenvalue weighted by atomic mass is 35.5. The number of aryl methyl sites for hydroxylation is 1. The van der Waals surface area contributed by atoms with E-state index >= 15 is 0 Å². The number of methoxy groups -OCH3 is 1. The van der Waals surface area contributed by atoms with Crippen molar-refractivity contribution in [3.63, 3.8) is 0 Å². The summed E-state index contributed by atoms with van der Waals surface area (Å²) in [4.78, 5) is 8.39. The molecule has 0 bridgehead atoms. The molecule has 0 radical (unpaired) electrons. The van der Waals surface area contributed by atoms with Crippen LogP contribution in [0.3, 0.4) is 0 Å². The molecule has 4 heteroatoms. The predicted molar refractivity (Wildman–Crippen MR) is 71.9 cm³/mol. The number of halogens is 1. The second-order valence-electron chi connectivity index (χ2n) is 3.93. The van der Waals surface area contributed by atoms with Crippen molar-refractivity contribution in [2.45, 2.75) is 18.2 Å². The van der Waals surface area contributed by atoms with E-state index in [0.717, 1.165) is 24.1 Å². The molecular weight excluding hydrogens is 248 g/mol. The molecule has 3 nitrogen and oxygen atoms in total. The van der Waals surface area contributed by atoms with Crippen LogP contribution in [0, 0.1) is 0 Å². The first-order valence-electron chi connectivity index (χ1n) is 5.84. The molecule has 2 aromatic rings. The zero-order valence-electron chi connectivity index (χ0n) is 10.2. The van der Waals surface area contributed by atoms with E-state index in [2.05, 4.69) is 9.97 Å².